The second kappa shape index (κ2) is 8.09. The third kappa shape index (κ3) is 4.56. The zero-order valence-electron chi connectivity index (χ0n) is 14.6. The molecule has 1 fully saturated rings. The fourth-order valence-corrected chi connectivity index (χ4v) is 3.36. The van der Waals surface area contributed by atoms with Gasteiger partial charge in [-0.25, -0.2) is 4.79 Å². The van der Waals surface area contributed by atoms with Crippen molar-refractivity contribution >= 4 is 34.9 Å². The quantitative estimate of drug-likeness (QED) is 0.426. The van der Waals surface area contributed by atoms with E-state index in [9.17, 15) is 9.59 Å². The molecule has 0 spiro atoms. The number of benzene rings is 1. The van der Waals surface area contributed by atoms with Gasteiger partial charge in [0.1, 0.15) is 18.2 Å². The fourth-order valence-electron chi connectivity index (χ4n) is 2.57. The van der Waals surface area contributed by atoms with Crippen LogP contribution in [0, 0.1) is 5.41 Å². The van der Waals surface area contributed by atoms with Crippen LogP contribution >= 0.6 is 11.3 Å². The number of carbonyl (C=O) groups excluding carboxylic acids is 2. The highest BCUT2D eigenvalue weighted by Gasteiger charge is 2.32. The van der Waals surface area contributed by atoms with E-state index in [1.807, 2.05) is 0 Å². The molecule has 0 saturated carbocycles. The number of amides is 1. The molecule has 0 bridgehead atoms. The number of hydrogen-bond acceptors (Lipinski definition) is 7. The number of carbonyl (C=O) groups is 2. The summed E-state index contributed by atoms with van der Waals surface area (Å²) in [5.41, 5.74) is 6.69. The van der Waals surface area contributed by atoms with Gasteiger partial charge in [-0.1, -0.05) is 0 Å². The third-order valence-electron chi connectivity index (χ3n) is 3.98. The Hall–Kier alpha value is -3.07. The minimum atomic E-state index is -0.448. The van der Waals surface area contributed by atoms with Gasteiger partial charge in [-0.3, -0.25) is 15.1 Å². The summed E-state index contributed by atoms with van der Waals surface area (Å²) in [6.45, 7) is 0.569. The van der Waals surface area contributed by atoms with E-state index in [0.717, 1.165) is 4.88 Å². The zero-order valence-corrected chi connectivity index (χ0v) is 15.5. The van der Waals surface area contributed by atoms with Crippen molar-refractivity contribution in [3.8, 4) is 5.75 Å². The van der Waals surface area contributed by atoms with Crippen molar-refractivity contribution in [3.63, 3.8) is 0 Å². The number of thiophene rings is 1. The average Bonchev–Trinajstić information content (AvgIpc) is 3.26. The smallest absolute Gasteiger partial charge is 0.414 e. The van der Waals surface area contributed by atoms with E-state index in [2.05, 4.69) is 4.74 Å². The highest BCUT2D eigenvalue weighted by atomic mass is 32.1. The van der Waals surface area contributed by atoms with Gasteiger partial charge in [0.05, 0.1) is 20.1 Å². The van der Waals surface area contributed by atoms with E-state index >= 15 is 0 Å². The Kier molecular flexibility index (Phi) is 5.60. The first-order valence-corrected chi connectivity index (χ1v) is 9.04. The average molecular weight is 389 g/mol. The highest BCUT2D eigenvalue weighted by molar-refractivity contribution is 7.10. The van der Waals surface area contributed by atoms with Crippen LogP contribution in [0.15, 0.2) is 35.7 Å². The normalized spacial score (nSPS) is 16.1. The SMILES string of the molecule is COC(=O)Cc1cc(OCC2CN(c3ccc(C(=N)N)cc3)C(=O)O2)cs1. The van der Waals surface area contributed by atoms with Crippen molar-refractivity contribution in [1.82, 2.24) is 0 Å². The number of anilines is 1. The van der Waals surface area contributed by atoms with E-state index in [-0.39, 0.29) is 24.8 Å². The van der Waals surface area contributed by atoms with Crippen LogP contribution in [0.2, 0.25) is 0 Å². The summed E-state index contributed by atoms with van der Waals surface area (Å²) in [6, 6.07) is 8.58. The minimum absolute atomic E-state index is 0.0286. The highest BCUT2D eigenvalue weighted by Crippen LogP contribution is 2.25. The van der Waals surface area contributed by atoms with Gasteiger partial charge >= 0.3 is 12.1 Å². The number of nitrogens with one attached hydrogen (secondary N) is 1. The van der Waals surface area contributed by atoms with E-state index < -0.39 is 12.2 Å². The Balaban J connectivity index is 1.55. The summed E-state index contributed by atoms with van der Waals surface area (Å²) >= 11 is 1.41. The molecule has 1 aliphatic heterocycles. The van der Waals surface area contributed by atoms with Gasteiger partial charge in [-0.2, -0.15) is 0 Å². The number of nitrogens with two attached hydrogens (primary N) is 1. The van der Waals surface area contributed by atoms with Crippen molar-refractivity contribution in [2.24, 2.45) is 5.73 Å². The van der Waals surface area contributed by atoms with Crippen LogP contribution in [0.1, 0.15) is 10.4 Å². The van der Waals surface area contributed by atoms with Crippen molar-refractivity contribution in [2.45, 2.75) is 12.5 Å². The maximum Gasteiger partial charge on any atom is 0.414 e. The molecule has 0 radical (unpaired) electrons. The molecular weight excluding hydrogens is 370 g/mol. The monoisotopic (exact) mass is 389 g/mol. The number of esters is 1. The van der Waals surface area contributed by atoms with Crippen LogP contribution in [0.5, 0.6) is 5.75 Å². The molecule has 1 amide bonds. The van der Waals surface area contributed by atoms with Gasteiger partial charge in [0, 0.05) is 21.5 Å². The number of ether oxygens (including phenoxy) is 3. The topological polar surface area (TPSA) is 115 Å². The van der Waals surface area contributed by atoms with E-state index in [4.69, 9.17) is 20.6 Å². The Morgan fingerprint density at radius 2 is 2.15 bits per heavy atom. The van der Waals surface area contributed by atoms with E-state index in [1.54, 1.807) is 35.7 Å². The molecule has 1 saturated heterocycles. The summed E-state index contributed by atoms with van der Waals surface area (Å²) in [4.78, 5) is 25.7. The van der Waals surface area contributed by atoms with Gasteiger partial charge < -0.3 is 19.9 Å². The number of nitrogen functional groups attached to an aromatic ring is 1. The van der Waals surface area contributed by atoms with Crippen molar-refractivity contribution in [2.75, 3.05) is 25.2 Å². The Morgan fingerprint density at radius 3 is 2.81 bits per heavy atom. The van der Waals surface area contributed by atoms with Crippen LogP contribution in [-0.4, -0.2) is 44.3 Å². The van der Waals surface area contributed by atoms with Crippen LogP contribution in [0.4, 0.5) is 10.5 Å². The number of hydrogen-bond donors (Lipinski definition) is 2. The molecule has 27 heavy (non-hydrogen) atoms. The van der Waals surface area contributed by atoms with Gasteiger partial charge in [-0.15, -0.1) is 11.3 Å². The van der Waals surface area contributed by atoms with Crippen LogP contribution in [-0.2, 0) is 20.7 Å². The zero-order chi connectivity index (χ0) is 19.4. The number of amidine groups is 1. The molecule has 3 rings (SSSR count). The Bertz CT molecular complexity index is 849. The summed E-state index contributed by atoms with van der Waals surface area (Å²) in [5, 5.41) is 9.20. The molecule has 9 heteroatoms. The fraction of sp³-hybridized carbons (Fsp3) is 0.278. The first-order chi connectivity index (χ1) is 13.0. The molecule has 1 aliphatic rings. The predicted molar refractivity (Wildman–Crippen MR) is 101 cm³/mol. The molecule has 8 nitrogen and oxygen atoms in total. The summed E-state index contributed by atoms with van der Waals surface area (Å²) in [5.74, 6) is 0.290. The molecule has 1 aromatic carbocycles. The van der Waals surface area contributed by atoms with Crippen LogP contribution in [0.25, 0.3) is 0 Å². The maximum absolute atomic E-state index is 12.1. The number of nitrogens with zero attached hydrogens (tertiary/aromatic N) is 1. The standard InChI is InChI=1S/C18H19N3O5S/c1-24-16(22)7-15-6-13(10-27-15)25-9-14-8-21(18(23)26-14)12-4-2-11(3-5-12)17(19)20/h2-6,10,14H,7-9H2,1H3,(H3,19,20). The molecule has 0 aliphatic carbocycles. The third-order valence-corrected chi connectivity index (χ3v) is 4.89. The number of rotatable bonds is 7. The molecule has 2 heterocycles. The van der Waals surface area contributed by atoms with E-state index in [0.29, 0.717) is 23.5 Å². The first-order valence-electron chi connectivity index (χ1n) is 8.16. The molecule has 2 aromatic rings. The van der Waals surface area contributed by atoms with Crippen molar-refractivity contribution < 1.29 is 23.8 Å². The van der Waals surface area contributed by atoms with Crippen LogP contribution < -0.4 is 15.4 Å². The molecule has 1 unspecified atom stereocenters. The number of cyclic esters (lactones) is 1. The Morgan fingerprint density at radius 1 is 1.41 bits per heavy atom. The summed E-state index contributed by atoms with van der Waals surface area (Å²) < 4.78 is 15.7. The second-order valence-corrected chi connectivity index (χ2v) is 6.89. The molecule has 3 N–H and O–H groups in total. The lowest BCUT2D eigenvalue weighted by Crippen LogP contribution is -2.26. The molecular formula is C18H19N3O5S. The molecule has 1 aromatic heterocycles. The summed E-state index contributed by atoms with van der Waals surface area (Å²) in [7, 11) is 1.35. The second-order valence-electron chi connectivity index (χ2n) is 5.89. The molecule has 1 atom stereocenters. The first kappa shape index (κ1) is 18.7. The Labute approximate surface area is 159 Å². The largest absolute Gasteiger partial charge is 0.489 e. The van der Waals surface area contributed by atoms with Crippen molar-refractivity contribution in [3.05, 3.63) is 46.2 Å². The lowest BCUT2D eigenvalue weighted by atomic mass is 10.2. The van der Waals surface area contributed by atoms with Gasteiger partial charge in [-0.05, 0) is 30.3 Å². The molecule has 142 valence electrons. The van der Waals surface area contributed by atoms with E-state index in [1.165, 1.54) is 23.3 Å². The summed E-state index contributed by atoms with van der Waals surface area (Å²) in [6.07, 6.45) is -0.655. The van der Waals surface area contributed by atoms with Gasteiger partial charge in [0.15, 0.2) is 6.10 Å². The van der Waals surface area contributed by atoms with Gasteiger partial charge in [0.2, 0.25) is 0 Å². The maximum atomic E-state index is 12.1. The minimum Gasteiger partial charge on any atom is -0.489 e. The lowest BCUT2D eigenvalue weighted by molar-refractivity contribution is -0.139. The van der Waals surface area contributed by atoms with Crippen molar-refractivity contribution in [1.29, 1.82) is 5.41 Å². The predicted octanol–water partition coefficient (Wildman–Crippen LogP) is 2.15. The number of methoxy groups -OCH3 is 1. The van der Waals surface area contributed by atoms with Gasteiger partial charge in [0.25, 0.3) is 0 Å². The lowest BCUT2D eigenvalue weighted by Gasteiger charge is -2.13. The van der Waals surface area contributed by atoms with Crippen LogP contribution in [0.3, 0.4) is 0 Å².